The van der Waals surface area contributed by atoms with Crippen LogP contribution in [0.15, 0.2) is 18.2 Å². The first-order valence-corrected chi connectivity index (χ1v) is 3.83. The normalized spacial score (nSPS) is 10.2. The van der Waals surface area contributed by atoms with Crippen molar-refractivity contribution in [2.24, 2.45) is 0 Å². The molecule has 3 heteroatoms. The molecule has 0 saturated carbocycles. The van der Waals surface area contributed by atoms with E-state index in [-0.39, 0.29) is 12.4 Å². The van der Waals surface area contributed by atoms with Crippen LogP contribution in [0.4, 0.5) is 4.39 Å². The average molecular weight is 170 g/mol. The van der Waals surface area contributed by atoms with Gasteiger partial charge < -0.3 is 10.2 Å². The third-order valence-electron chi connectivity index (χ3n) is 1.67. The Labute approximate surface area is 70.3 Å². The number of aromatic hydroxyl groups is 1. The Kier molecular flexibility index (Phi) is 3.05. The molecule has 0 aliphatic rings. The summed E-state index contributed by atoms with van der Waals surface area (Å²) in [5.41, 5.74) is 0.545. The molecule has 0 heterocycles. The fourth-order valence-corrected chi connectivity index (χ4v) is 1.03. The van der Waals surface area contributed by atoms with Gasteiger partial charge in [0.2, 0.25) is 0 Å². The Balaban J connectivity index is 2.78. The fraction of sp³-hybridized carbons (Fsp3) is 0.333. The molecular formula is C9H11FO2. The summed E-state index contributed by atoms with van der Waals surface area (Å²) in [7, 11) is 0. The Morgan fingerprint density at radius 1 is 1.33 bits per heavy atom. The van der Waals surface area contributed by atoms with Gasteiger partial charge in [-0.1, -0.05) is 12.1 Å². The van der Waals surface area contributed by atoms with Crippen LogP contribution in [0, 0.1) is 5.82 Å². The van der Waals surface area contributed by atoms with Crippen molar-refractivity contribution in [3.63, 3.8) is 0 Å². The average Bonchev–Trinajstić information content (AvgIpc) is 2.08. The van der Waals surface area contributed by atoms with Gasteiger partial charge in [0.15, 0.2) is 11.6 Å². The first-order chi connectivity index (χ1) is 5.75. The molecule has 1 aromatic rings. The highest BCUT2D eigenvalue weighted by atomic mass is 19.1. The summed E-state index contributed by atoms with van der Waals surface area (Å²) in [4.78, 5) is 0. The van der Waals surface area contributed by atoms with Gasteiger partial charge in [0.1, 0.15) is 0 Å². The lowest BCUT2D eigenvalue weighted by atomic mass is 10.1. The zero-order valence-corrected chi connectivity index (χ0v) is 6.63. The van der Waals surface area contributed by atoms with Gasteiger partial charge in [-0.05, 0) is 24.5 Å². The lowest BCUT2D eigenvalue weighted by Crippen LogP contribution is -1.91. The van der Waals surface area contributed by atoms with Gasteiger partial charge in [-0.25, -0.2) is 4.39 Å². The van der Waals surface area contributed by atoms with Gasteiger partial charge >= 0.3 is 0 Å². The SMILES string of the molecule is OCCCc1cccc(F)c1O. The van der Waals surface area contributed by atoms with Crippen LogP contribution in [0.1, 0.15) is 12.0 Å². The number of hydrogen-bond donors (Lipinski definition) is 2. The second kappa shape index (κ2) is 4.07. The number of benzene rings is 1. The summed E-state index contributed by atoms with van der Waals surface area (Å²) in [5.74, 6) is -0.906. The van der Waals surface area contributed by atoms with Gasteiger partial charge in [0, 0.05) is 6.61 Å². The first-order valence-electron chi connectivity index (χ1n) is 3.83. The second-order valence-corrected chi connectivity index (χ2v) is 2.57. The number of hydrogen-bond acceptors (Lipinski definition) is 2. The predicted octanol–water partition coefficient (Wildman–Crippen LogP) is 1.46. The van der Waals surface area contributed by atoms with Gasteiger partial charge in [-0.3, -0.25) is 0 Å². The number of aryl methyl sites for hydroxylation is 1. The van der Waals surface area contributed by atoms with Crippen molar-refractivity contribution in [2.45, 2.75) is 12.8 Å². The van der Waals surface area contributed by atoms with E-state index in [0.717, 1.165) is 0 Å². The van der Waals surface area contributed by atoms with Crippen LogP contribution in [-0.4, -0.2) is 16.8 Å². The van der Waals surface area contributed by atoms with Crippen molar-refractivity contribution in [3.05, 3.63) is 29.6 Å². The largest absolute Gasteiger partial charge is 0.505 e. The summed E-state index contributed by atoms with van der Waals surface area (Å²) in [5, 5.41) is 17.7. The molecule has 0 unspecified atom stereocenters. The summed E-state index contributed by atoms with van der Waals surface area (Å²) in [6.07, 6.45) is 1.04. The molecule has 0 saturated heterocycles. The molecule has 1 aromatic carbocycles. The Morgan fingerprint density at radius 2 is 2.08 bits per heavy atom. The third kappa shape index (κ3) is 1.95. The fourth-order valence-electron chi connectivity index (χ4n) is 1.03. The standard InChI is InChI=1S/C9H11FO2/c10-8-5-1-3-7(9(8)12)4-2-6-11/h1,3,5,11-12H,2,4,6H2. The quantitative estimate of drug-likeness (QED) is 0.720. The Hall–Kier alpha value is -1.09. The highest BCUT2D eigenvalue weighted by Gasteiger charge is 2.04. The molecule has 0 bridgehead atoms. The molecule has 0 spiro atoms. The molecular weight excluding hydrogens is 159 g/mol. The van der Waals surface area contributed by atoms with Gasteiger partial charge in [-0.2, -0.15) is 0 Å². The van der Waals surface area contributed by atoms with Crippen LogP contribution in [-0.2, 0) is 6.42 Å². The highest BCUT2D eigenvalue weighted by molar-refractivity contribution is 5.33. The maximum Gasteiger partial charge on any atom is 0.165 e. The molecule has 0 aliphatic carbocycles. The molecule has 2 nitrogen and oxygen atoms in total. The van der Waals surface area contributed by atoms with E-state index in [2.05, 4.69) is 0 Å². The minimum atomic E-state index is -0.606. The van der Waals surface area contributed by atoms with E-state index in [1.807, 2.05) is 0 Å². The molecule has 0 aromatic heterocycles. The van der Waals surface area contributed by atoms with Gasteiger partial charge in [0.05, 0.1) is 0 Å². The molecule has 66 valence electrons. The van der Waals surface area contributed by atoms with E-state index >= 15 is 0 Å². The zero-order valence-electron chi connectivity index (χ0n) is 6.63. The van der Waals surface area contributed by atoms with Crippen molar-refractivity contribution in [3.8, 4) is 5.75 Å². The lowest BCUT2D eigenvalue weighted by Gasteiger charge is -2.02. The summed E-state index contributed by atoms with van der Waals surface area (Å²) in [6, 6.07) is 4.40. The van der Waals surface area contributed by atoms with E-state index in [1.165, 1.54) is 6.07 Å². The number of para-hydroxylation sites is 1. The molecule has 12 heavy (non-hydrogen) atoms. The maximum atomic E-state index is 12.7. The van der Waals surface area contributed by atoms with Crippen LogP contribution in [0.25, 0.3) is 0 Å². The van der Waals surface area contributed by atoms with Crippen molar-refractivity contribution in [1.29, 1.82) is 0 Å². The molecule has 0 atom stereocenters. The summed E-state index contributed by atoms with van der Waals surface area (Å²) in [6.45, 7) is 0.0515. The summed E-state index contributed by atoms with van der Waals surface area (Å²) >= 11 is 0. The van der Waals surface area contributed by atoms with E-state index in [1.54, 1.807) is 12.1 Å². The van der Waals surface area contributed by atoms with E-state index in [0.29, 0.717) is 18.4 Å². The molecule has 0 amide bonds. The number of aliphatic hydroxyl groups excluding tert-OH is 1. The van der Waals surface area contributed by atoms with E-state index < -0.39 is 5.82 Å². The number of rotatable bonds is 3. The molecule has 0 aliphatic heterocycles. The van der Waals surface area contributed by atoms with E-state index in [9.17, 15) is 4.39 Å². The second-order valence-electron chi connectivity index (χ2n) is 2.57. The Bertz CT molecular complexity index is 261. The predicted molar refractivity (Wildman–Crippen MR) is 43.5 cm³/mol. The molecule has 0 fully saturated rings. The van der Waals surface area contributed by atoms with Crippen LogP contribution in [0.2, 0.25) is 0 Å². The van der Waals surface area contributed by atoms with E-state index in [4.69, 9.17) is 10.2 Å². The monoisotopic (exact) mass is 170 g/mol. The van der Waals surface area contributed by atoms with Crippen molar-refractivity contribution < 1.29 is 14.6 Å². The van der Waals surface area contributed by atoms with Gasteiger partial charge in [-0.15, -0.1) is 0 Å². The Morgan fingerprint density at radius 3 is 2.75 bits per heavy atom. The zero-order chi connectivity index (χ0) is 8.97. The van der Waals surface area contributed by atoms with Crippen molar-refractivity contribution in [2.75, 3.05) is 6.61 Å². The van der Waals surface area contributed by atoms with Gasteiger partial charge in [0.25, 0.3) is 0 Å². The molecule has 1 rings (SSSR count). The highest BCUT2D eigenvalue weighted by Crippen LogP contribution is 2.21. The minimum absolute atomic E-state index is 0.0515. The maximum absolute atomic E-state index is 12.7. The van der Waals surface area contributed by atoms with Crippen LogP contribution >= 0.6 is 0 Å². The smallest absolute Gasteiger partial charge is 0.165 e. The summed E-state index contributed by atoms with van der Waals surface area (Å²) < 4.78 is 12.7. The molecule has 2 N–H and O–H groups in total. The number of halogens is 1. The van der Waals surface area contributed by atoms with Crippen molar-refractivity contribution in [1.82, 2.24) is 0 Å². The number of aliphatic hydroxyl groups is 1. The lowest BCUT2D eigenvalue weighted by molar-refractivity contribution is 0.287. The van der Waals surface area contributed by atoms with Crippen molar-refractivity contribution >= 4 is 0 Å². The number of phenolic OH excluding ortho intramolecular Hbond substituents is 1. The van der Waals surface area contributed by atoms with Crippen LogP contribution < -0.4 is 0 Å². The third-order valence-corrected chi connectivity index (χ3v) is 1.67. The minimum Gasteiger partial charge on any atom is -0.505 e. The van der Waals surface area contributed by atoms with Crippen LogP contribution in [0.3, 0.4) is 0 Å². The first kappa shape index (κ1) is 9.00. The molecule has 0 radical (unpaired) electrons. The topological polar surface area (TPSA) is 40.5 Å². The number of phenols is 1. The van der Waals surface area contributed by atoms with Crippen LogP contribution in [0.5, 0.6) is 5.75 Å².